The molecule has 1 aromatic rings. The number of hydrogen-bond donors (Lipinski definition) is 3. The molecule has 25 heavy (non-hydrogen) atoms. The number of nitrogens with zero attached hydrogens (tertiary/aromatic N) is 1. The molecule has 2 fully saturated rings. The van der Waals surface area contributed by atoms with Gasteiger partial charge in [0.05, 0.1) is 0 Å². The third-order valence-electron chi connectivity index (χ3n) is 5.12. The zero-order valence-electron chi connectivity index (χ0n) is 15.1. The van der Waals surface area contributed by atoms with Gasteiger partial charge in [0.25, 0.3) is 0 Å². The molecule has 0 bridgehead atoms. The summed E-state index contributed by atoms with van der Waals surface area (Å²) in [5, 5.41) is 11.9. The predicted octanol–water partition coefficient (Wildman–Crippen LogP) is 2.78. The van der Waals surface area contributed by atoms with Crippen LogP contribution in [-0.2, 0) is 10.2 Å². The molecule has 0 radical (unpaired) electrons. The van der Waals surface area contributed by atoms with Gasteiger partial charge in [-0.1, -0.05) is 25.3 Å². The van der Waals surface area contributed by atoms with Crippen LogP contribution >= 0.6 is 11.3 Å². The number of amides is 1. The monoisotopic (exact) mass is 362 g/mol. The Hall–Kier alpha value is -1.56. The van der Waals surface area contributed by atoms with E-state index in [0.29, 0.717) is 6.04 Å². The minimum absolute atomic E-state index is 0.0188. The van der Waals surface area contributed by atoms with E-state index in [1.54, 1.807) is 0 Å². The summed E-state index contributed by atoms with van der Waals surface area (Å²) < 4.78 is 0. The van der Waals surface area contributed by atoms with Crippen LogP contribution in [0.3, 0.4) is 0 Å². The van der Waals surface area contributed by atoms with Crippen LogP contribution in [0.1, 0.15) is 56.7 Å². The normalized spacial score (nSPS) is 20.1. The zero-order chi connectivity index (χ0) is 17.5. The first kappa shape index (κ1) is 18.2. The molecule has 0 spiro atoms. The molecule has 1 aromatic heterocycles. The first-order chi connectivity index (χ1) is 12.2. The van der Waals surface area contributed by atoms with Crippen LogP contribution in [0.15, 0.2) is 22.5 Å². The minimum Gasteiger partial charge on any atom is -0.357 e. The highest BCUT2D eigenvalue weighted by Gasteiger charge is 2.34. The largest absolute Gasteiger partial charge is 0.357 e. The molecule has 0 unspecified atom stereocenters. The average molecular weight is 363 g/mol. The Morgan fingerprint density at radius 1 is 1.28 bits per heavy atom. The Balaban J connectivity index is 1.60. The molecular formula is C19H30N4OS. The van der Waals surface area contributed by atoms with E-state index in [9.17, 15) is 4.79 Å². The fourth-order valence-electron chi connectivity index (χ4n) is 3.57. The highest BCUT2D eigenvalue weighted by atomic mass is 32.1. The second-order valence-electron chi connectivity index (χ2n) is 7.21. The van der Waals surface area contributed by atoms with E-state index in [2.05, 4.69) is 45.4 Å². The van der Waals surface area contributed by atoms with Crippen molar-refractivity contribution in [2.75, 3.05) is 19.6 Å². The predicted molar refractivity (Wildman–Crippen MR) is 104 cm³/mol. The van der Waals surface area contributed by atoms with Crippen LogP contribution in [0.5, 0.6) is 0 Å². The summed E-state index contributed by atoms with van der Waals surface area (Å²) in [7, 11) is 0. The minimum atomic E-state index is 0.0188. The van der Waals surface area contributed by atoms with Gasteiger partial charge in [-0.05, 0) is 44.1 Å². The fraction of sp³-hybridized carbons (Fsp3) is 0.684. The van der Waals surface area contributed by atoms with E-state index in [1.165, 1.54) is 37.0 Å². The molecule has 0 aliphatic heterocycles. The molecule has 1 heterocycles. The molecule has 6 heteroatoms. The summed E-state index contributed by atoms with van der Waals surface area (Å²) in [6.45, 7) is 3.92. The molecule has 5 nitrogen and oxygen atoms in total. The topological polar surface area (TPSA) is 65.5 Å². The number of rotatable bonds is 7. The summed E-state index contributed by atoms with van der Waals surface area (Å²) >= 11 is 1.86. The van der Waals surface area contributed by atoms with E-state index in [0.717, 1.165) is 31.9 Å². The van der Waals surface area contributed by atoms with Crippen molar-refractivity contribution in [2.24, 2.45) is 4.99 Å². The molecule has 2 saturated carbocycles. The Labute approximate surface area is 154 Å². The molecule has 138 valence electrons. The van der Waals surface area contributed by atoms with Gasteiger partial charge < -0.3 is 16.0 Å². The lowest BCUT2D eigenvalue weighted by atomic mass is 9.73. The second kappa shape index (κ2) is 8.70. The van der Waals surface area contributed by atoms with E-state index in [-0.39, 0.29) is 17.9 Å². The highest BCUT2D eigenvalue weighted by Crippen LogP contribution is 2.41. The maximum Gasteiger partial charge on any atom is 0.242 e. The third-order valence-corrected chi connectivity index (χ3v) is 6.23. The van der Waals surface area contributed by atoms with Gasteiger partial charge >= 0.3 is 0 Å². The summed E-state index contributed by atoms with van der Waals surface area (Å²) in [5.74, 6) is 0.764. The number of carbonyl (C=O) groups excluding carboxylic acids is 1. The van der Waals surface area contributed by atoms with Gasteiger partial charge in [-0.3, -0.25) is 4.79 Å². The third kappa shape index (κ3) is 5.21. The van der Waals surface area contributed by atoms with Crippen molar-refractivity contribution < 1.29 is 4.79 Å². The maximum absolute atomic E-state index is 11.9. The summed E-state index contributed by atoms with van der Waals surface area (Å²) in [5.41, 5.74) is 0.207. The molecule has 3 N–H and O–H groups in total. The first-order valence-electron chi connectivity index (χ1n) is 9.57. The van der Waals surface area contributed by atoms with Crippen molar-refractivity contribution in [3.05, 3.63) is 22.4 Å². The standard InChI is InChI=1S/C19H30N4OS/c1-2-20-18(21-13-17(24)23-15-8-9-15)22-14-19(10-4-3-5-11-19)16-7-6-12-25-16/h6-7,12,15H,2-5,8-11,13-14H2,1H3,(H,23,24)(H2,20,21,22). The SMILES string of the molecule is CCNC(=NCC(=O)NC1CC1)NCC1(c2cccs2)CCCCC1. The van der Waals surface area contributed by atoms with E-state index >= 15 is 0 Å². The molecule has 0 atom stereocenters. The molecule has 1 amide bonds. The van der Waals surface area contributed by atoms with Gasteiger partial charge in [0.2, 0.25) is 5.91 Å². The summed E-state index contributed by atoms with van der Waals surface area (Å²) in [4.78, 5) is 17.8. The molecule has 2 aliphatic rings. The summed E-state index contributed by atoms with van der Waals surface area (Å²) in [6.07, 6.45) is 8.58. The van der Waals surface area contributed by atoms with Gasteiger partial charge in [0.1, 0.15) is 6.54 Å². The van der Waals surface area contributed by atoms with Crippen LogP contribution in [0, 0.1) is 0 Å². The van der Waals surface area contributed by atoms with Crippen LogP contribution < -0.4 is 16.0 Å². The van der Waals surface area contributed by atoms with Crippen molar-refractivity contribution in [3.63, 3.8) is 0 Å². The van der Waals surface area contributed by atoms with Crippen LogP contribution in [0.4, 0.5) is 0 Å². The molecule has 0 saturated heterocycles. The fourth-order valence-corrected chi connectivity index (χ4v) is 4.55. The van der Waals surface area contributed by atoms with Gasteiger partial charge in [0, 0.05) is 29.4 Å². The lowest BCUT2D eigenvalue weighted by Gasteiger charge is -2.37. The van der Waals surface area contributed by atoms with Crippen molar-refractivity contribution in [3.8, 4) is 0 Å². The smallest absolute Gasteiger partial charge is 0.242 e. The maximum atomic E-state index is 11.9. The van der Waals surface area contributed by atoms with Gasteiger partial charge in [-0.25, -0.2) is 4.99 Å². The van der Waals surface area contributed by atoms with Crippen molar-refractivity contribution in [1.29, 1.82) is 0 Å². The number of nitrogens with one attached hydrogen (secondary N) is 3. The molecule has 0 aromatic carbocycles. The van der Waals surface area contributed by atoms with Crippen molar-refractivity contribution in [2.45, 2.75) is 63.3 Å². The van der Waals surface area contributed by atoms with Crippen LogP contribution in [0.25, 0.3) is 0 Å². The number of aliphatic imine (C=N–C) groups is 1. The second-order valence-corrected chi connectivity index (χ2v) is 8.16. The average Bonchev–Trinajstić information content (AvgIpc) is 3.25. The number of hydrogen-bond acceptors (Lipinski definition) is 3. The van der Waals surface area contributed by atoms with Crippen LogP contribution in [0.2, 0.25) is 0 Å². The Bertz CT molecular complexity index is 574. The van der Waals surface area contributed by atoms with Crippen LogP contribution in [-0.4, -0.2) is 37.5 Å². The Morgan fingerprint density at radius 2 is 2.08 bits per heavy atom. The van der Waals surface area contributed by atoms with E-state index in [4.69, 9.17) is 0 Å². The lowest BCUT2D eigenvalue weighted by molar-refractivity contribution is -0.119. The molecule has 2 aliphatic carbocycles. The van der Waals surface area contributed by atoms with Crippen molar-refractivity contribution >= 4 is 23.2 Å². The Kier molecular flexibility index (Phi) is 6.34. The number of thiophene rings is 1. The van der Waals surface area contributed by atoms with Gasteiger partial charge in [-0.2, -0.15) is 0 Å². The van der Waals surface area contributed by atoms with E-state index < -0.39 is 0 Å². The molecular weight excluding hydrogens is 332 g/mol. The lowest BCUT2D eigenvalue weighted by Crippen LogP contribution is -2.46. The number of guanidine groups is 1. The van der Waals surface area contributed by atoms with Gasteiger partial charge in [0.15, 0.2) is 5.96 Å². The zero-order valence-corrected chi connectivity index (χ0v) is 16.0. The summed E-state index contributed by atoms with van der Waals surface area (Å²) in [6, 6.07) is 4.81. The quantitative estimate of drug-likeness (QED) is 0.516. The Morgan fingerprint density at radius 3 is 2.72 bits per heavy atom. The van der Waals surface area contributed by atoms with E-state index in [1.807, 2.05) is 11.3 Å². The van der Waals surface area contributed by atoms with Crippen molar-refractivity contribution in [1.82, 2.24) is 16.0 Å². The highest BCUT2D eigenvalue weighted by molar-refractivity contribution is 7.10. The molecule has 3 rings (SSSR count). The number of carbonyl (C=O) groups is 1. The van der Waals surface area contributed by atoms with Gasteiger partial charge in [-0.15, -0.1) is 11.3 Å². The first-order valence-corrected chi connectivity index (χ1v) is 10.5.